The molecule has 112 valence electrons. The third-order valence-electron chi connectivity index (χ3n) is 2.95. The Morgan fingerprint density at radius 1 is 1.20 bits per heavy atom. The smallest absolute Gasteiger partial charge is 0.316 e. The second-order valence-electron chi connectivity index (χ2n) is 4.72. The molecule has 0 aliphatic heterocycles. The predicted octanol–water partition coefficient (Wildman–Crippen LogP) is 2.50. The van der Waals surface area contributed by atoms with Gasteiger partial charge >= 0.3 is 6.01 Å². The first-order chi connectivity index (χ1) is 9.76. The van der Waals surface area contributed by atoms with E-state index in [2.05, 4.69) is 22.2 Å². The Balaban J connectivity index is 2.16. The molecule has 1 heterocycles. The lowest BCUT2D eigenvalue weighted by Crippen LogP contribution is -2.24. The van der Waals surface area contributed by atoms with Crippen molar-refractivity contribution in [1.82, 2.24) is 15.3 Å². The van der Waals surface area contributed by atoms with Gasteiger partial charge in [-0.1, -0.05) is 26.2 Å². The topological polar surface area (TPSA) is 64.1 Å². The normalized spacial score (nSPS) is 10.3. The molecule has 0 fully saturated rings. The van der Waals surface area contributed by atoms with E-state index in [-0.39, 0.29) is 5.91 Å². The van der Waals surface area contributed by atoms with E-state index in [0.29, 0.717) is 25.5 Å². The predicted molar refractivity (Wildman–Crippen MR) is 78.7 cm³/mol. The highest BCUT2D eigenvalue weighted by Gasteiger charge is 2.03. The van der Waals surface area contributed by atoms with E-state index in [1.807, 2.05) is 6.92 Å². The molecule has 0 saturated heterocycles. The quantitative estimate of drug-likeness (QED) is 0.668. The summed E-state index contributed by atoms with van der Waals surface area (Å²) in [7, 11) is 0. The van der Waals surface area contributed by atoms with Gasteiger partial charge in [-0.05, 0) is 25.3 Å². The summed E-state index contributed by atoms with van der Waals surface area (Å²) in [5.41, 5.74) is 0.953. The molecule has 1 amide bonds. The van der Waals surface area contributed by atoms with Crippen molar-refractivity contribution >= 4 is 5.91 Å². The SMILES string of the molecule is CCCCCCNC(=O)CCc1cnc(OCC)nc1. The summed E-state index contributed by atoms with van der Waals surface area (Å²) in [6, 6.07) is 0.386. The van der Waals surface area contributed by atoms with E-state index in [4.69, 9.17) is 4.74 Å². The molecule has 1 aromatic heterocycles. The van der Waals surface area contributed by atoms with E-state index < -0.39 is 0 Å². The molecule has 0 aliphatic rings. The second-order valence-corrected chi connectivity index (χ2v) is 4.72. The Bertz CT molecular complexity index is 379. The van der Waals surface area contributed by atoms with E-state index in [1.165, 1.54) is 19.3 Å². The molecule has 5 heteroatoms. The maximum absolute atomic E-state index is 11.6. The van der Waals surface area contributed by atoms with Gasteiger partial charge in [-0.25, -0.2) is 9.97 Å². The molecule has 20 heavy (non-hydrogen) atoms. The van der Waals surface area contributed by atoms with Crippen LogP contribution in [0.2, 0.25) is 0 Å². The van der Waals surface area contributed by atoms with Crippen molar-refractivity contribution in [2.75, 3.05) is 13.2 Å². The lowest BCUT2D eigenvalue weighted by atomic mass is 10.2. The van der Waals surface area contributed by atoms with Crippen molar-refractivity contribution in [1.29, 1.82) is 0 Å². The van der Waals surface area contributed by atoms with Crippen LogP contribution in [0.15, 0.2) is 12.4 Å². The number of nitrogens with zero attached hydrogens (tertiary/aromatic N) is 2. The highest BCUT2D eigenvalue weighted by molar-refractivity contribution is 5.76. The van der Waals surface area contributed by atoms with Gasteiger partial charge in [0.25, 0.3) is 0 Å². The van der Waals surface area contributed by atoms with Crippen LogP contribution < -0.4 is 10.1 Å². The zero-order valence-corrected chi connectivity index (χ0v) is 12.5. The molecule has 0 aliphatic carbocycles. The number of hydrogen-bond acceptors (Lipinski definition) is 4. The highest BCUT2D eigenvalue weighted by Crippen LogP contribution is 2.05. The number of unbranched alkanes of at least 4 members (excludes halogenated alkanes) is 3. The van der Waals surface area contributed by atoms with E-state index in [0.717, 1.165) is 18.5 Å². The van der Waals surface area contributed by atoms with Crippen LogP contribution in [-0.2, 0) is 11.2 Å². The molecule has 0 atom stereocenters. The summed E-state index contributed by atoms with van der Waals surface area (Å²) >= 11 is 0. The van der Waals surface area contributed by atoms with Crippen LogP contribution >= 0.6 is 0 Å². The van der Waals surface area contributed by atoms with Crippen LogP contribution in [0.1, 0.15) is 51.5 Å². The van der Waals surface area contributed by atoms with Crippen molar-refractivity contribution in [3.05, 3.63) is 18.0 Å². The minimum absolute atomic E-state index is 0.0929. The third kappa shape index (κ3) is 7.07. The summed E-state index contributed by atoms with van der Waals surface area (Å²) in [6.07, 6.45) is 9.26. The van der Waals surface area contributed by atoms with Gasteiger partial charge in [0.15, 0.2) is 0 Å². The van der Waals surface area contributed by atoms with E-state index >= 15 is 0 Å². The number of hydrogen-bond donors (Lipinski definition) is 1. The van der Waals surface area contributed by atoms with E-state index in [9.17, 15) is 4.79 Å². The number of rotatable bonds is 10. The minimum atomic E-state index is 0.0929. The van der Waals surface area contributed by atoms with Gasteiger partial charge in [0, 0.05) is 25.4 Å². The van der Waals surface area contributed by atoms with Gasteiger partial charge in [0.2, 0.25) is 5.91 Å². The van der Waals surface area contributed by atoms with Gasteiger partial charge in [-0.2, -0.15) is 0 Å². The largest absolute Gasteiger partial charge is 0.464 e. The number of aromatic nitrogens is 2. The zero-order chi connectivity index (χ0) is 14.6. The summed E-state index contributed by atoms with van der Waals surface area (Å²) in [4.78, 5) is 19.8. The number of carbonyl (C=O) groups is 1. The maximum Gasteiger partial charge on any atom is 0.316 e. The van der Waals surface area contributed by atoms with Crippen molar-refractivity contribution in [3.8, 4) is 6.01 Å². The van der Waals surface area contributed by atoms with Crippen molar-refractivity contribution < 1.29 is 9.53 Å². The fourth-order valence-electron chi connectivity index (χ4n) is 1.80. The van der Waals surface area contributed by atoms with Crippen LogP contribution in [0.4, 0.5) is 0 Å². The molecule has 1 rings (SSSR count). The molecule has 5 nitrogen and oxygen atoms in total. The summed E-state index contributed by atoms with van der Waals surface area (Å²) in [6.45, 7) is 5.40. The molecule has 0 unspecified atom stereocenters. The van der Waals surface area contributed by atoms with Crippen molar-refractivity contribution in [2.45, 2.75) is 52.4 Å². The van der Waals surface area contributed by atoms with Gasteiger partial charge in [-0.3, -0.25) is 4.79 Å². The lowest BCUT2D eigenvalue weighted by Gasteiger charge is -2.05. The molecular weight excluding hydrogens is 254 g/mol. The second kappa shape index (κ2) is 10.2. The lowest BCUT2D eigenvalue weighted by molar-refractivity contribution is -0.121. The van der Waals surface area contributed by atoms with E-state index in [1.54, 1.807) is 12.4 Å². The highest BCUT2D eigenvalue weighted by atomic mass is 16.5. The average molecular weight is 279 g/mol. The molecule has 0 bridgehead atoms. The zero-order valence-electron chi connectivity index (χ0n) is 12.5. The Labute approximate surface area is 121 Å². The van der Waals surface area contributed by atoms with Crippen LogP contribution in [0.5, 0.6) is 6.01 Å². The number of ether oxygens (including phenoxy) is 1. The van der Waals surface area contributed by atoms with Crippen LogP contribution in [-0.4, -0.2) is 29.0 Å². The molecule has 0 spiro atoms. The Kier molecular flexibility index (Phi) is 8.35. The first-order valence-corrected chi connectivity index (χ1v) is 7.46. The van der Waals surface area contributed by atoms with Gasteiger partial charge in [-0.15, -0.1) is 0 Å². The summed E-state index contributed by atoms with van der Waals surface area (Å²) < 4.78 is 5.17. The van der Waals surface area contributed by atoms with Gasteiger partial charge in [0.05, 0.1) is 6.61 Å². The van der Waals surface area contributed by atoms with Crippen LogP contribution in [0.3, 0.4) is 0 Å². The Morgan fingerprint density at radius 2 is 1.95 bits per heavy atom. The molecule has 0 saturated carbocycles. The van der Waals surface area contributed by atoms with Crippen LogP contribution in [0, 0.1) is 0 Å². The monoisotopic (exact) mass is 279 g/mol. The number of nitrogens with one attached hydrogen (secondary N) is 1. The fourth-order valence-corrected chi connectivity index (χ4v) is 1.80. The fraction of sp³-hybridized carbons (Fsp3) is 0.667. The van der Waals surface area contributed by atoms with Crippen molar-refractivity contribution in [2.24, 2.45) is 0 Å². The number of amides is 1. The number of carbonyl (C=O) groups excluding carboxylic acids is 1. The molecular formula is C15H25N3O2. The van der Waals surface area contributed by atoms with Gasteiger partial charge < -0.3 is 10.1 Å². The van der Waals surface area contributed by atoms with Gasteiger partial charge in [0.1, 0.15) is 0 Å². The summed E-state index contributed by atoms with van der Waals surface area (Å²) in [5.74, 6) is 0.0929. The Morgan fingerprint density at radius 3 is 2.60 bits per heavy atom. The van der Waals surface area contributed by atoms with Crippen LogP contribution in [0.25, 0.3) is 0 Å². The third-order valence-corrected chi connectivity index (χ3v) is 2.95. The first-order valence-electron chi connectivity index (χ1n) is 7.46. The number of aryl methyl sites for hydroxylation is 1. The molecule has 0 aromatic carbocycles. The summed E-state index contributed by atoms with van der Waals surface area (Å²) in [5, 5.41) is 2.94. The Hall–Kier alpha value is -1.65. The first kappa shape index (κ1) is 16.4. The standard InChI is InChI=1S/C15H25N3O2/c1-3-5-6-7-10-16-14(19)9-8-13-11-17-15(18-12-13)20-4-2/h11-12H,3-10H2,1-2H3,(H,16,19). The minimum Gasteiger partial charge on any atom is -0.464 e. The molecule has 0 radical (unpaired) electrons. The maximum atomic E-state index is 11.6. The van der Waals surface area contributed by atoms with Crippen molar-refractivity contribution in [3.63, 3.8) is 0 Å². The average Bonchev–Trinajstić information content (AvgIpc) is 2.47. The molecule has 1 aromatic rings. The molecule has 1 N–H and O–H groups in total.